The van der Waals surface area contributed by atoms with Gasteiger partial charge in [0.05, 0.1) is 16.9 Å². The number of aromatic carboxylic acids is 1. The van der Waals surface area contributed by atoms with Gasteiger partial charge < -0.3 is 19.9 Å². The normalized spacial score (nSPS) is 11.4. The van der Waals surface area contributed by atoms with Gasteiger partial charge in [-0.15, -0.1) is 0 Å². The van der Waals surface area contributed by atoms with Crippen molar-refractivity contribution in [1.29, 1.82) is 0 Å². The number of aliphatic imine (C=N–C) groups is 1. The first kappa shape index (κ1) is 20.2. The monoisotopic (exact) mass is 416 g/mol. The lowest BCUT2D eigenvalue weighted by molar-refractivity contribution is 0.0698. The van der Waals surface area contributed by atoms with Crippen LogP contribution < -0.4 is 10.7 Å². The first-order valence-electron chi connectivity index (χ1n) is 9.74. The number of nitrogens with zero attached hydrogens (tertiary/aromatic N) is 1. The SMILES string of the molecule is CCC=Nc1cc(C(=O)O)c(-c2c3ccc(=O)cc-3oc3cc(O)ccc23)cc1NC. The van der Waals surface area contributed by atoms with Crippen molar-refractivity contribution in [2.75, 3.05) is 12.4 Å². The van der Waals surface area contributed by atoms with Gasteiger partial charge in [0.25, 0.3) is 0 Å². The Morgan fingerprint density at radius 3 is 2.65 bits per heavy atom. The van der Waals surface area contributed by atoms with Crippen molar-refractivity contribution in [2.45, 2.75) is 13.3 Å². The number of carbonyl (C=O) groups is 1. The van der Waals surface area contributed by atoms with Crippen molar-refractivity contribution in [3.05, 3.63) is 64.3 Å². The average molecular weight is 416 g/mol. The van der Waals surface area contributed by atoms with Crippen molar-refractivity contribution in [2.24, 2.45) is 4.99 Å². The van der Waals surface area contributed by atoms with E-state index in [-0.39, 0.29) is 16.7 Å². The fourth-order valence-electron chi connectivity index (χ4n) is 3.62. The summed E-state index contributed by atoms with van der Waals surface area (Å²) in [6, 6.07) is 12.3. The number of benzene rings is 3. The van der Waals surface area contributed by atoms with E-state index >= 15 is 0 Å². The fraction of sp³-hybridized carbons (Fsp3) is 0.125. The second kappa shape index (κ2) is 7.95. The average Bonchev–Trinajstić information content (AvgIpc) is 2.75. The van der Waals surface area contributed by atoms with E-state index in [1.54, 1.807) is 31.5 Å². The van der Waals surface area contributed by atoms with Crippen LogP contribution in [-0.4, -0.2) is 29.4 Å². The molecule has 31 heavy (non-hydrogen) atoms. The van der Waals surface area contributed by atoms with E-state index in [1.165, 1.54) is 30.3 Å². The van der Waals surface area contributed by atoms with E-state index in [0.29, 0.717) is 51.2 Å². The van der Waals surface area contributed by atoms with E-state index in [0.717, 1.165) is 0 Å². The summed E-state index contributed by atoms with van der Waals surface area (Å²) in [5.74, 6) is -0.804. The molecule has 1 aliphatic heterocycles. The van der Waals surface area contributed by atoms with E-state index in [2.05, 4.69) is 10.3 Å². The molecule has 0 atom stereocenters. The highest BCUT2D eigenvalue weighted by molar-refractivity contribution is 6.09. The summed E-state index contributed by atoms with van der Waals surface area (Å²) < 4.78 is 5.86. The van der Waals surface area contributed by atoms with Gasteiger partial charge in [-0.2, -0.15) is 0 Å². The number of anilines is 1. The minimum Gasteiger partial charge on any atom is -0.508 e. The quantitative estimate of drug-likeness (QED) is 0.307. The van der Waals surface area contributed by atoms with Crippen molar-refractivity contribution in [3.63, 3.8) is 0 Å². The molecule has 1 aliphatic carbocycles. The molecule has 0 aromatic heterocycles. The number of nitrogens with one attached hydrogen (secondary N) is 1. The Hall–Kier alpha value is -4.13. The third kappa shape index (κ3) is 3.61. The smallest absolute Gasteiger partial charge is 0.336 e. The van der Waals surface area contributed by atoms with Crippen LogP contribution in [0.2, 0.25) is 0 Å². The molecule has 1 heterocycles. The van der Waals surface area contributed by atoms with E-state index < -0.39 is 5.97 Å². The Balaban J connectivity index is 2.16. The summed E-state index contributed by atoms with van der Waals surface area (Å²) in [6.07, 6.45) is 2.43. The molecule has 156 valence electrons. The fourth-order valence-corrected chi connectivity index (χ4v) is 3.62. The van der Waals surface area contributed by atoms with Gasteiger partial charge in [0.15, 0.2) is 5.43 Å². The van der Waals surface area contributed by atoms with Gasteiger partial charge in [0.1, 0.15) is 17.1 Å². The first-order chi connectivity index (χ1) is 14.9. The van der Waals surface area contributed by atoms with Crippen LogP contribution in [0.4, 0.5) is 11.4 Å². The van der Waals surface area contributed by atoms with Gasteiger partial charge in [0, 0.05) is 41.9 Å². The summed E-state index contributed by atoms with van der Waals surface area (Å²) in [4.78, 5) is 28.5. The highest BCUT2D eigenvalue weighted by Gasteiger charge is 2.23. The Kier molecular flexibility index (Phi) is 5.17. The molecule has 0 bridgehead atoms. The van der Waals surface area contributed by atoms with Gasteiger partial charge in [-0.3, -0.25) is 9.79 Å². The second-order valence-electron chi connectivity index (χ2n) is 7.01. The molecule has 7 nitrogen and oxygen atoms in total. The lowest BCUT2D eigenvalue weighted by Gasteiger charge is -2.18. The molecule has 4 rings (SSSR count). The molecular formula is C24H20N2O5. The van der Waals surface area contributed by atoms with E-state index in [9.17, 15) is 19.8 Å². The predicted octanol–water partition coefficient (Wildman–Crippen LogP) is 5.12. The number of phenolic OH excluding ortho intramolecular Hbond substituents is 1. The predicted molar refractivity (Wildman–Crippen MR) is 121 cm³/mol. The third-order valence-corrected chi connectivity index (χ3v) is 4.99. The van der Waals surface area contributed by atoms with Crippen LogP contribution in [0.15, 0.2) is 62.7 Å². The van der Waals surface area contributed by atoms with Gasteiger partial charge in [0.2, 0.25) is 0 Å². The van der Waals surface area contributed by atoms with Crippen LogP contribution in [-0.2, 0) is 0 Å². The maximum absolute atomic E-state index is 12.2. The maximum atomic E-state index is 12.2. The van der Waals surface area contributed by atoms with Gasteiger partial charge in [-0.25, -0.2) is 4.79 Å². The number of hydrogen-bond donors (Lipinski definition) is 3. The highest BCUT2D eigenvalue weighted by Crippen LogP contribution is 2.44. The number of hydrogen-bond acceptors (Lipinski definition) is 6. The number of carboxylic acids is 1. The molecular weight excluding hydrogens is 396 g/mol. The van der Waals surface area contributed by atoms with Crippen molar-refractivity contribution in [1.82, 2.24) is 0 Å². The molecule has 2 aromatic carbocycles. The molecule has 2 aliphatic rings. The number of phenols is 1. The van der Waals surface area contributed by atoms with Gasteiger partial charge in [-0.1, -0.05) is 6.92 Å². The lowest BCUT2D eigenvalue weighted by atomic mass is 9.90. The zero-order valence-corrected chi connectivity index (χ0v) is 17.0. The summed E-state index contributed by atoms with van der Waals surface area (Å²) >= 11 is 0. The Morgan fingerprint density at radius 2 is 1.94 bits per heavy atom. The number of aromatic hydroxyl groups is 1. The molecule has 0 radical (unpaired) electrons. The molecule has 0 amide bonds. The molecule has 7 heteroatoms. The molecule has 0 saturated heterocycles. The molecule has 0 fully saturated rings. The summed E-state index contributed by atoms with van der Waals surface area (Å²) in [6.45, 7) is 1.94. The molecule has 3 N–H and O–H groups in total. The highest BCUT2D eigenvalue weighted by atomic mass is 16.4. The van der Waals surface area contributed by atoms with Crippen molar-refractivity contribution in [3.8, 4) is 28.2 Å². The largest absolute Gasteiger partial charge is 0.508 e. The second-order valence-corrected chi connectivity index (χ2v) is 7.01. The lowest BCUT2D eigenvalue weighted by Crippen LogP contribution is -2.04. The van der Waals surface area contributed by atoms with Crippen LogP contribution >= 0.6 is 0 Å². The van der Waals surface area contributed by atoms with Gasteiger partial charge >= 0.3 is 5.97 Å². The minimum atomic E-state index is -1.10. The molecule has 0 spiro atoms. The Morgan fingerprint density at radius 1 is 1.13 bits per heavy atom. The van der Waals surface area contributed by atoms with Gasteiger partial charge in [-0.05, 0) is 48.4 Å². The molecule has 0 saturated carbocycles. The minimum absolute atomic E-state index is 0.00143. The standard InChI is InChI=1S/C24H20N2O5/c1-3-8-26-20-12-18(24(29)30)17(11-19(20)25-2)23-15-6-4-13(27)9-21(15)31-22-10-14(28)5-7-16(22)23/h4-12,25,27H,3H2,1-2H3,(H,29,30). The number of fused-ring (bicyclic) bond motifs is 2. The summed E-state index contributed by atoms with van der Waals surface area (Å²) in [7, 11) is 1.74. The maximum Gasteiger partial charge on any atom is 0.336 e. The van der Waals surface area contributed by atoms with Crippen LogP contribution in [0.1, 0.15) is 23.7 Å². The van der Waals surface area contributed by atoms with Crippen LogP contribution in [0.3, 0.4) is 0 Å². The third-order valence-electron chi connectivity index (χ3n) is 4.99. The first-order valence-corrected chi connectivity index (χ1v) is 9.74. The van der Waals surface area contributed by atoms with E-state index in [4.69, 9.17) is 4.42 Å². The summed E-state index contributed by atoms with van der Waals surface area (Å²) in [5, 5.41) is 23.6. The molecule has 0 unspecified atom stereocenters. The number of rotatable bonds is 5. The van der Waals surface area contributed by atoms with Crippen molar-refractivity contribution < 1.29 is 19.4 Å². The van der Waals surface area contributed by atoms with Crippen LogP contribution in [0, 0.1) is 0 Å². The number of carboxylic acid groups (broad SMARTS) is 1. The Labute approximate surface area is 177 Å². The van der Waals surface area contributed by atoms with Crippen molar-refractivity contribution >= 4 is 34.5 Å². The zero-order valence-electron chi connectivity index (χ0n) is 17.0. The zero-order chi connectivity index (χ0) is 22.1. The summed E-state index contributed by atoms with van der Waals surface area (Å²) in [5.41, 5.74) is 2.97. The van der Waals surface area contributed by atoms with E-state index in [1.807, 2.05) is 6.92 Å². The van der Waals surface area contributed by atoms with Crippen LogP contribution in [0.5, 0.6) is 5.75 Å². The Bertz CT molecular complexity index is 1370. The topological polar surface area (TPSA) is 112 Å². The molecule has 2 aromatic rings. The van der Waals surface area contributed by atoms with Crippen LogP contribution in [0.25, 0.3) is 33.4 Å².